The molecule has 31 heavy (non-hydrogen) atoms. The Morgan fingerprint density at radius 3 is 2.42 bits per heavy atom. The molecule has 6 nitrogen and oxygen atoms in total. The average molecular weight is 467 g/mol. The van der Waals surface area contributed by atoms with Crippen LogP contribution in [0.15, 0.2) is 65.6 Å². The number of benzene rings is 3. The molecule has 3 aromatic carbocycles. The number of carbonyl (C=O) groups excluding carboxylic acids is 1. The number of sulfonamides is 1. The van der Waals surface area contributed by atoms with Crippen molar-refractivity contribution < 1.29 is 26.7 Å². The molecule has 0 fully saturated rings. The Balaban J connectivity index is 1.60. The summed E-state index contributed by atoms with van der Waals surface area (Å²) >= 11 is 6.01. The minimum atomic E-state index is -3.86. The fourth-order valence-electron chi connectivity index (χ4n) is 2.51. The highest BCUT2D eigenvalue weighted by Crippen LogP contribution is 2.23. The van der Waals surface area contributed by atoms with Gasteiger partial charge in [-0.25, -0.2) is 17.2 Å². The molecule has 0 heterocycles. The van der Waals surface area contributed by atoms with Gasteiger partial charge in [0.05, 0.1) is 16.3 Å². The molecule has 0 aromatic heterocycles. The van der Waals surface area contributed by atoms with Crippen LogP contribution in [0.4, 0.5) is 20.2 Å². The van der Waals surface area contributed by atoms with Crippen LogP contribution in [0.25, 0.3) is 0 Å². The van der Waals surface area contributed by atoms with Gasteiger partial charge in [0, 0.05) is 11.1 Å². The normalized spacial score (nSPS) is 11.1. The van der Waals surface area contributed by atoms with Gasteiger partial charge in [-0.3, -0.25) is 9.52 Å². The van der Waals surface area contributed by atoms with E-state index >= 15 is 0 Å². The first-order chi connectivity index (χ1) is 14.6. The van der Waals surface area contributed by atoms with E-state index in [1.165, 1.54) is 30.3 Å². The van der Waals surface area contributed by atoms with E-state index in [2.05, 4.69) is 10.0 Å². The van der Waals surface area contributed by atoms with Gasteiger partial charge in [-0.2, -0.15) is 0 Å². The maximum absolute atomic E-state index is 13.6. The molecule has 0 aliphatic carbocycles. The van der Waals surface area contributed by atoms with E-state index in [0.717, 1.165) is 23.8 Å². The number of hydrogen-bond acceptors (Lipinski definition) is 4. The van der Waals surface area contributed by atoms with Gasteiger partial charge in [0.25, 0.3) is 15.9 Å². The third kappa shape index (κ3) is 5.93. The topological polar surface area (TPSA) is 84.5 Å². The molecular formula is C21H17ClF2N2O4S. The molecule has 162 valence electrons. The van der Waals surface area contributed by atoms with Gasteiger partial charge in [0.2, 0.25) is 0 Å². The largest absolute Gasteiger partial charge is 0.484 e. The molecule has 0 aliphatic rings. The second kappa shape index (κ2) is 9.32. The van der Waals surface area contributed by atoms with Crippen molar-refractivity contribution in [1.29, 1.82) is 0 Å². The average Bonchev–Trinajstić information content (AvgIpc) is 2.72. The standard InChI is InChI=1S/C21H17ClF2N2O4S/c1-13-2-4-15(11-18(13)22)26-31(28,29)17-7-5-16(6-8-17)30-12-21(27)25-20-10-14(23)3-9-19(20)24/h2-11,26H,12H2,1H3,(H,25,27). The second-order valence-corrected chi connectivity index (χ2v) is 8.59. The molecule has 0 bridgehead atoms. The SMILES string of the molecule is Cc1ccc(NS(=O)(=O)c2ccc(OCC(=O)Nc3cc(F)ccc3F)cc2)cc1Cl. The van der Waals surface area contributed by atoms with Crippen LogP contribution in [0.2, 0.25) is 5.02 Å². The predicted octanol–water partition coefficient (Wildman–Crippen LogP) is 4.74. The first-order valence-corrected chi connectivity index (χ1v) is 10.8. The lowest BCUT2D eigenvalue weighted by Gasteiger charge is -2.11. The Kier molecular flexibility index (Phi) is 6.77. The van der Waals surface area contributed by atoms with Crippen LogP contribution in [-0.2, 0) is 14.8 Å². The van der Waals surface area contributed by atoms with Crippen molar-refractivity contribution in [3.05, 3.63) is 82.9 Å². The smallest absolute Gasteiger partial charge is 0.262 e. The highest BCUT2D eigenvalue weighted by atomic mass is 35.5. The molecular weight excluding hydrogens is 450 g/mol. The highest BCUT2D eigenvalue weighted by molar-refractivity contribution is 7.92. The van der Waals surface area contributed by atoms with Crippen LogP contribution in [0, 0.1) is 18.6 Å². The molecule has 0 radical (unpaired) electrons. The number of hydrogen-bond donors (Lipinski definition) is 2. The minimum Gasteiger partial charge on any atom is -0.484 e. The third-order valence-electron chi connectivity index (χ3n) is 4.13. The van der Waals surface area contributed by atoms with Gasteiger partial charge < -0.3 is 10.1 Å². The number of carbonyl (C=O) groups is 1. The van der Waals surface area contributed by atoms with Crippen molar-refractivity contribution in [3.8, 4) is 5.75 Å². The van der Waals surface area contributed by atoms with Crippen molar-refractivity contribution in [1.82, 2.24) is 0 Å². The Hall–Kier alpha value is -3.17. The molecule has 0 saturated carbocycles. The van der Waals surface area contributed by atoms with E-state index in [-0.39, 0.29) is 16.3 Å². The lowest BCUT2D eigenvalue weighted by atomic mass is 10.2. The number of aryl methyl sites for hydroxylation is 1. The molecule has 0 spiro atoms. The molecule has 10 heteroatoms. The fourth-order valence-corrected chi connectivity index (χ4v) is 3.74. The van der Waals surface area contributed by atoms with Crippen molar-refractivity contribution in [2.45, 2.75) is 11.8 Å². The first kappa shape index (κ1) is 22.5. The van der Waals surface area contributed by atoms with Crippen LogP contribution in [0.5, 0.6) is 5.75 Å². The summed E-state index contributed by atoms with van der Waals surface area (Å²) < 4.78 is 59.4. The Labute approximate surface area is 182 Å². The van der Waals surface area contributed by atoms with E-state index in [4.69, 9.17) is 16.3 Å². The quantitative estimate of drug-likeness (QED) is 0.526. The zero-order valence-corrected chi connectivity index (χ0v) is 17.7. The molecule has 0 unspecified atom stereocenters. The summed E-state index contributed by atoms with van der Waals surface area (Å²) in [4.78, 5) is 11.9. The van der Waals surface area contributed by atoms with Gasteiger partial charge in [-0.1, -0.05) is 17.7 Å². The molecule has 0 aliphatic heterocycles. The molecule has 1 amide bonds. The van der Waals surface area contributed by atoms with Gasteiger partial charge in [-0.05, 0) is 61.0 Å². The van der Waals surface area contributed by atoms with Gasteiger partial charge in [0.1, 0.15) is 17.4 Å². The van der Waals surface area contributed by atoms with Crippen LogP contribution >= 0.6 is 11.6 Å². The van der Waals surface area contributed by atoms with Crippen molar-refractivity contribution in [3.63, 3.8) is 0 Å². The van der Waals surface area contributed by atoms with Gasteiger partial charge >= 0.3 is 0 Å². The Morgan fingerprint density at radius 2 is 1.74 bits per heavy atom. The summed E-state index contributed by atoms with van der Waals surface area (Å²) in [5, 5.41) is 2.63. The summed E-state index contributed by atoms with van der Waals surface area (Å²) in [6.45, 7) is 1.32. The summed E-state index contributed by atoms with van der Waals surface area (Å²) in [5.41, 5.74) is 0.824. The Morgan fingerprint density at radius 1 is 1.03 bits per heavy atom. The minimum absolute atomic E-state index is 0.0252. The first-order valence-electron chi connectivity index (χ1n) is 8.91. The number of nitrogens with one attached hydrogen (secondary N) is 2. The molecule has 3 rings (SSSR count). The zero-order valence-electron chi connectivity index (χ0n) is 16.2. The van der Waals surface area contributed by atoms with Crippen molar-refractivity contribution in [2.24, 2.45) is 0 Å². The van der Waals surface area contributed by atoms with E-state index in [0.29, 0.717) is 10.7 Å². The summed E-state index contributed by atoms with van der Waals surface area (Å²) in [7, 11) is -3.86. The van der Waals surface area contributed by atoms with E-state index in [1.807, 2.05) is 0 Å². The predicted molar refractivity (Wildman–Crippen MR) is 114 cm³/mol. The Bertz CT molecular complexity index is 1220. The summed E-state index contributed by atoms with van der Waals surface area (Å²) in [5.74, 6) is -1.98. The van der Waals surface area contributed by atoms with E-state index in [1.54, 1.807) is 19.1 Å². The zero-order chi connectivity index (χ0) is 22.6. The monoisotopic (exact) mass is 466 g/mol. The molecule has 0 atom stereocenters. The fraction of sp³-hybridized carbons (Fsp3) is 0.0952. The second-order valence-electron chi connectivity index (χ2n) is 6.50. The lowest BCUT2D eigenvalue weighted by Crippen LogP contribution is -2.21. The maximum atomic E-state index is 13.6. The molecule has 0 saturated heterocycles. The van der Waals surface area contributed by atoms with Gasteiger partial charge in [-0.15, -0.1) is 0 Å². The van der Waals surface area contributed by atoms with Crippen LogP contribution in [0.1, 0.15) is 5.56 Å². The van der Waals surface area contributed by atoms with E-state index < -0.39 is 34.2 Å². The van der Waals surface area contributed by atoms with Crippen LogP contribution in [-0.4, -0.2) is 20.9 Å². The summed E-state index contributed by atoms with van der Waals surface area (Å²) in [6, 6.07) is 12.8. The highest BCUT2D eigenvalue weighted by Gasteiger charge is 2.15. The number of amides is 1. The van der Waals surface area contributed by atoms with Gasteiger partial charge in [0.15, 0.2) is 6.61 Å². The number of rotatable bonds is 7. The number of ether oxygens (including phenoxy) is 1. The van der Waals surface area contributed by atoms with Crippen molar-refractivity contribution >= 4 is 38.9 Å². The number of halogens is 3. The molecule has 2 N–H and O–H groups in total. The van der Waals surface area contributed by atoms with Crippen LogP contribution in [0.3, 0.4) is 0 Å². The third-order valence-corrected chi connectivity index (χ3v) is 5.93. The molecule has 3 aromatic rings. The summed E-state index contributed by atoms with van der Waals surface area (Å²) in [6.07, 6.45) is 0. The maximum Gasteiger partial charge on any atom is 0.262 e. The lowest BCUT2D eigenvalue weighted by molar-refractivity contribution is -0.118. The number of anilines is 2. The van der Waals surface area contributed by atoms with Crippen LogP contribution < -0.4 is 14.8 Å². The van der Waals surface area contributed by atoms with Crippen molar-refractivity contribution in [2.75, 3.05) is 16.6 Å². The van der Waals surface area contributed by atoms with E-state index in [9.17, 15) is 22.0 Å².